The summed E-state index contributed by atoms with van der Waals surface area (Å²) in [6.07, 6.45) is 22.3. The molecule has 0 saturated heterocycles. The van der Waals surface area contributed by atoms with Gasteiger partial charge in [-0.2, -0.15) is 0 Å². The second-order valence-corrected chi connectivity index (χ2v) is 12.5. The number of likely N-dealkylation sites (N-methyl/N-ethyl adjacent to an activating group) is 1. The zero-order valence-corrected chi connectivity index (χ0v) is 25.8. The number of hydrogen-bond donors (Lipinski definition) is 2. The topological polar surface area (TPSA) is 108 Å². The van der Waals surface area contributed by atoms with E-state index in [0.717, 1.165) is 19.3 Å². The monoisotopic (exact) mass is 560 g/mol. The molecule has 0 radical (unpaired) electrons. The van der Waals surface area contributed by atoms with Gasteiger partial charge < -0.3 is 28.8 Å². The molecule has 0 aliphatic carbocycles. The van der Waals surface area contributed by atoms with Gasteiger partial charge in [0.15, 0.2) is 0 Å². The maximum atomic E-state index is 12.1. The van der Waals surface area contributed by atoms with Crippen LogP contribution in [0.25, 0.3) is 0 Å². The van der Waals surface area contributed by atoms with Gasteiger partial charge in [0.2, 0.25) is 5.91 Å². The number of rotatable bonds is 25. The van der Waals surface area contributed by atoms with Crippen molar-refractivity contribution >= 4 is 13.7 Å². The summed E-state index contributed by atoms with van der Waals surface area (Å²) in [6.45, 7) is 4.21. The van der Waals surface area contributed by atoms with Crippen LogP contribution in [0.5, 0.6) is 0 Å². The van der Waals surface area contributed by atoms with Crippen molar-refractivity contribution in [1.29, 1.82) is 0 Å². The number of phosphoric acid groups is 1. The first kappa shape index (κ1) is 37.0. The van der Waals surface area contributed by atoms with Crippen LogP contribution in [0.3, 0.4) is 0 Å². The Morgan fingerprint density at radius 2 is 1.47 bits per heavy atom. The molecule has 0 aliphatic rings. The number of nitrogens with one attached hydrogen (secondary N) is 1. The van der Waals surface area contributed by atoms with Crippen LogP contribution in [0.4, 0.5) is 0 Å². The number of carbonyl (C=O) groups excluding carboxylic acids is 1. The number of aliphatic hydroxyl groups excluding tert-OH is 1. The predicted molar refractivity (Wildman–Crippen MR) is 155 cm³/mol. The van der Waals surface area contributed by atoms with Gasteiger partial charge in [0.05, 0.1) is 39.9 Å². The SMILES string of the molecule is CCCCCCCCCCC/C=C/CC/C=C/C(O)C(COP(=O)([O-])OCC[N+](C)(C)C)NC(=O)CCC. The Bertz CT molecular complexity index is 693. The Balaban J connectivity index is 4.36. The highest BCUT2D eigenvalue weighted by atomic mass is 31.2. The van der Waals surface area contributed by atoms with Crippen LogP contribution in [-0.4, -0.2) is 68.5 Å². The van der Waals surface area contributed by atoms with E-state index in [-0.39, 0.29) is 18.9 Å². The Hall–Kier alpha value is -1.02. The van der Waals surface area contributed by atoms with Gasteiger partial charge in [0.1, 0.15) is 13.2 Å². The fourth-order valence-electron chi connectivity index (χ4n) is 3.74. The number of amides is 1. The van der Waals surface area contributed by atoms with E-state index in [4.69, 9.17) is 9.05 Å². The van der Waals surface area contributed by atoms with Gasteiger partial charge >= 0.3 is 0 Å². The molecule has 38 heavy (non-hydrogen) atoms. The minimum atomic E-state index is -4.55. The standard InChI is InChI=1S/C29H57N2O6P/c1-6-8-9-10-11-12-13-14-15-16-17-18-19-20-21-23-28(32)27(30-29(33)22-7-2)26-37-38(34,35)36-25-24-31(3,4)5/h17-18,21,23,27-28,32H,6-16,19-20,22,24-26H2,1-5H3,(H-,30,33,34,35)/b18-17+,23-21+. The second-order valence-electron chi connectivity index (χ2n) is 11.1. The molecule has 9 heteroatoms. The summed E-state index contributed by atoms with van der Waals surface area (Å²) in [7, 11) is 1.23. The van der Waals surface area contributed by atoms with Crippen LogP contribution in [0, 0.1) is 0 Å². The molecule has 0 aromatic heterocycles. The average molecular weight is 561 g/mol. The van der Waals surface area contributed by atoms with Crippen molar-refractivity contribution in [3.63, 3.8) is 0 Å². The van der Waals surface area contributed by atoms with E-state index in [9.17, 15) is 19.4 Å². The number of allylic oxidation sites excluding steroid dienone is 3. The normalized spacial score (nSPS) is 15.7. The van der Waals surface area contributed by atoms with E-state index in [2.05, 4.69) is 24.4 Å². The minimum absolute atomic E-state index is 0.00770. The molecule has 2 N–H and O–H groups in total. The maximum absolute atomic E-state index is 12.1. The highest BCUT2D eigenvalue weighted by molar-refractivity contribution is 7.45. The highest BCUT2D eigenvalue weighted by Crippen LogP contribution is 2.38. The molecule has 3 unspecified atom stereocenters. The molecule has 0 rings (SSSR count). The van der Waals surface area contributed by atoms with Crippen molar-refractivity contribution in [3.8, 4) is 0 Å². The van der Waals surface area contributed by atoms with Crippen molar-refractivity contribution in [2.75, 3.05) is 40.9 Å². The smallest absolute Gasteiger partial charge is 0.268 e. The van der Waals surface area contributed by atoms with E-state index in [1.807, 2.05) is 34.1 Å². The van der Waals surface area contributed by atoms with Crippen LogP contribution in [0.2, 0.25) is 0 Å². The van der Waals surface area contributed by atoms with Crippen molar-refractivity contribution in [2.24, 2.45) is 0 Å². The van der Waals surface area contributed by atoms with Crippen molar-refractivity contribution in [1.82, 2.24) is 5.32 Å². The molecule has 0 fully saturated rings. The fraction of sp³-hybridized carbons (Fsp3) is 0.828. The zero-order chi connectivity index (χ0) is 28.7. The molecular formula is C29H57N2O6P. The molecule has 0 spiro atoms. The molecule has 1 amide bonds. The van der Waals surface area contributed by atoms with E-state index < -0.39 is 26.6 Å². The molecule has 3 atom stereocenters. The van der Waals surface area contributed by atoms with E-state index in [0.29, 0.717) is 17.4 Å². The van der Waals surface area contributed by atoms with Gasteiger partial charge in [-0.3, -0.25) is 9.36 Å². The summed E-state index contributed by atoms with van der Waals surface area (Å²) < 4.78 is 22.6. The minimum Gasteiger partial charge on any atom is -0.756 e. The van der Waals surface area contributed by atoms with Gasteiger partial charge in [0.25, 0.3) is 7.82 Å². The summed E-state index contributed by atoms with van der Waals surface area (Å²) >= 11 is 0. The van der Waals surface area contributed by atoms with Crippen LogP contribution >= 0.6 is 7.82 Å². The van der Waals surface area contributed by atoms with Crippen LogP contribution < -0.4 is 10.2 Å². The van der Waals surface area contributed by atoms with Gasteiger partial charge in [-0.15, -0.1) is 0 Å². The lowest BCUT2D eigenvalue weighted by atomic mass is 10.1. The molecule has 224 valence electrons. The summed E-state index contributed by atoms with van der Waals surface area (Å²) in [6, 6.07) is -0.892. The lowest BCUT2D eigenvalue weighted by Gasteiger charge is -2.29. The van der Waals surface area contributed by atoms with Gasteiger partial charge in [-0.25, -0.2) is 0 Å². The predicted octanol–water partition coefficient (Wildman–Crippen LogP) is 5.65. The molecule has 0 aromatic carbocycles. The van der Waals surface area contributed by atoms with Crippen molar-refractivity contribution in [3.05, 3.63) is 24.3 Å². The molecule has 0 saturated carbocycles. The fourth-order valence-corrected chi connectivity index (χ4v) is 4.46. The highest BCUT2D eigenvalue weighted by Gasteiger charge is 2.22. The third-order valence-corrected chi connectivity index (χ3v) is 7.10. The lowest BCUT2D eigenvalue weighted by Crippen LogP contribution is -2.45. The summed E-state index contributed by atoms with van der Waals surface area (Å²) in [5.41, 5.74) is 0. The number of aliphatic hydroxyl groups is 1. The zero-order valence-electron chi connectivity index (χ0n) is 24.9. The number of hydrogen-bond acceptors (Lipinski definition) is 6. The lowest BCUT2D eigenvalue weighted by molar-refractivity contribution is -0.870. The Kier molecular flexibility index (Phi) is 22.1. The maximum Gasteiger partial charge on any atom is 0.268 e. The third kappa shape index (κ3) is 24.1. The van der Waals surface area contributed by atoms with Gasteiger partial charge in [-0.05, 0) is 32.1 Å². The van der Waals surface area contributed by atoms with Gasteiger partial charge in [-0.1, -0.05) is 89.5 Å². The van der Waals surface area contributed by atoms with Gasteiger partial charge in [0, 0.05) is 6.42 Å². The van der Waals surface area contributed by atoms with E-state index >= 15 is 0 Å². The van der Waals surface area contributed by atoms with Crippen LogP contribution in [0.15, 0.2) is 24.3 Å². The summed E-state index contributed by atoms with van der Waals surface area (Å²) in [5.74, 6) is -0.264. The quantitative estimate of drug-likeness (QED) is 0.0646. The Labute approximate surface area is 233 Å². The summed E-state index contributed by atoms with van der Waals surface area (Å²) in [4.78, 5) is 24.2. The van der Waals surface area contributed by atoms with Crippen molar-refractivity contribution in [2.45, 2.75) is 116 Å². The van der Waals surface area contributed by atoms with E-state index in [1.165, 1.54) is 57.8 Å². The van der Waals surface area contributed by atoms with Crippen LogP contribution in [-0.2, 0) is 18.4 Å². The molecule has 0 aromatic rings. The first-order valence-corrected chi connectivity index (χ1v) is 16.2. The number of carbonyl (C=O) groups is 1. The first-order valence-electron chi connectivity index (χ1n) is 14.7. The first-order chi connectivity index (χ1) is 18.0. The second kappa shape index (κ2) is 22.8. The Morgan fingerprint density at radius 1 is 0.895 bits per heavy atom. The van der Waals surface area contributed by atoms with Crippen molar-refractivity contribution < 1.29 is 32.9 Å². The Morgan fingerprint density at radius 3 is 2.08 bits per heavy atom. The summed E-state index contributed by atoms with van der Waals surface area (Å²) in [5, 5.41) is 13.2. The molecular weight excluding hydrogens is 503 g/mol. The third-order valence-electron chi connectivity index (χ3n) is 6.13. The number of quaternary nitrogens is 1. The molecule has 0 bridgehead atoms. The molecule has 0 aliphatic heterocycles. The van der Waals surface area contributed by atoms with Crippen LogP contribution in [0.1, 0.15) is 104 Å². The van der Waals surface area contributed by atoms with E-state index in [1.54, 1.807) is 6.08 Å². The number of nitrogens with zero attached hydrogens (tertiary/aromatic N) is 1. The number of phosphoric ester groups is 1. The molecule has 0 heterocycles. The molecule has 8 nitrogen and oxygen atoms in total. The average Bonchev–Trinajstić information content (AvgIpc) is 2.83. The largest absolute Gasteiger partial charge is 0.756 e. The number of unbranched alkanes of at least 4 members (excludes halogenated alkanes) is 10.